The van der Waals surface area contributed by atoms with Crippen LogP contribution in [0.25, 0.3) is 10.1 Å². The molecule has 3 nitrogen and oxygen atoms in total. The Bertz CT molecular complexity index is 649. The van der Waals surface area contributed by atoms with Crippen molar-refractivity contribution in [2.75, 3.05) is 0 Å². The summed E-state index contributed by atoms with van der Waals surface area (Å²) in [6.45, 7) is 0. The quantitative estimate of drug-likeness (QED) is 0.466. The smallest absolute Gasteiger partial charge is 0.258 e. The molecule has 1 heterocycles. The molecule has 2 aromatic rings. The highest BCUT2D eigenvalue weighted by Gasteiger charge is 2.59. The van der Waals surface area contributed by atoms with E-state index in [9.17, 15) is 32.1 Å². The number of hydrogen-bond acceptors (Lipinski definition) is 3. The molecule has 0 saturated heterocycles. The molecule has 0 bridgehead atoms. The molecule has 2 rings (SSSR count). The summed E-state index contributed by atoms with van der Waals surface area (Å²) in [5.41, 5.74) is -1.75. The molecule has 9 heteroatoms. The van der Waals surface area contributed by atoms with Crippen LogP contribution in [0.1, 0.15) is 5.56 Å². The fourth-order valence-electron chi connectivity index (χ4n) is 1.58. The minimum atomic E-state index is -5.74. The number of nitrogens with zero attached hydrogens (tertiary/aromatic N) is 1. The van der Waals surface area contributed by atoms with Crippen molar-refractivity contribution in [3.05, 3.63) is 39.3 Å². The van der Waals surface area contributed by atoms with Crippen molar-refractivity contribution in [2.24, 2.45) is 0 Å². The monoisotopic (exact) mass is 297 g/mol. The Morgan fingerprint density at radius 3 is 2.32 bits per heavy atom. The van der Waals surface area contributed by atoms with Gasteiger partial charge in [-0.1, -0.05) is 12.1 Å². The van der Waals surface area contributed by atoms with Crippen molar-refractivity contribution in [3.8, 4) is 0 Å². The number of nitro benzene ring substituents is 1. The van der Waals surface area contributed by atoms with Crippen LogP contribution < -0.4 is 0 Å². The van der Waals surface area contributed by atoms with Crippen molar-refractivity contribution < 1.29 is 26.9 Å². The molecule has 0 N–H and O–H groups in total. The molecule has 0 fully saturated rings. The van der Waals surface area contributed by atoms with E-state index in [1.54, 1.807) is 0 Å². The predicted octanol–water partition coefficient (Wildman–Crippen LogP) is 4.46. The van der Waals surface area contributed by atoms with Crippen molar-refractivity contribution >= 4 is 27.1 Å². The molecule has 0 radical (unpaired) electrons. The highest BCUT2D eigenvalue weighted by Crippen LogP contribution is 2.48. The number of thiophene rings is 1. The van der Waals surface area contributed by atoms with Crippen LogP contribution >= 0.6 is 11.3 Å². The van der Waals surface area contributed by atoms with Gasteiger partial charge >= 0.3 is 12.1 Å². The number of nitro groups is 1. The van der Waals surface area contributed by atoms with E-state index >= 15 is 0 Å². The van der Waals surface area contributed by atoms with Crippen molar-refractivity contribution in [3.63, 3.8) is 0 Å². The average Bonchev–Trinajstić information content (AvgIpc) is 2.70. The third-order valence-electron chi connectivity index (χ3n) is 2.47. The van der Waals surface area contributed by atoms with Gasteiger partial charge in [-0.15, -0.1) is 11.3 Å². The Morgan fingerprint density at radius 2 is 1.79 bits per heavy atom. The normalized spacial score (nSPS) is 12.9. The van der Waals surface area contributed by atoms with E-state index in [4.69, 9.17) is 0 Å². The Balaban J connectivity index is 2.72. The lowest BCUT2D eigenvalue weighted by Crippen LogP contribution is -2.33. The first-order valence-electron chi connectivity index (χ1n) is 4.76. The summed E-state index contributed by atoms with van der Waals surface area (Å²) in [7, 11) is 0. The first kappa shape index (κ1) is 13.7. The van der Waals surface area contributed by atoms with Gasteiger partial charge in [0.15, 0.2) is 0 Å². The molecular weight excluding hydrogens is 293 g/mol. The highest BCUT2D eigenvalue weighted by atomic mass is 32.1. The zero-order valence-electron chi connectivity index (χ0n) is 8.87. The van der Waals surface area contributed by atoms with Crippen LogP contribution in [0.5, 0.6) is 0 Å². The van der Waals surface area contributed by atoms with Crippen LogP contribution in [0.2, 0.25) is 0 Å². The number of hydrogen-bond donors (Lipinski definition) is 0. The third-order valence-corrected chi connectivity index (χ3v) is 3.49. The van der Waals surface area contributed by atoms with Gasteiger partial charge in [0.2, 0.25) is 0 Å². The molecule has 0 saturated carbocycles. The largest absolute Gasteiger partial charge is 0.458 e. The minimum Gasteiger partial charge on any atom is -0.258 e. The van der Waals surface area contributed by atoms with Gasteiger partial charge < -0.3 is 0 Å². The van der Waals surface area contributed by atoms with Crippen LogP contribution in [-0.2, 0) is 5.92 Å². The zero-order chi connectivity index (χ0) is 14.4. The fourth-order valence-corrected chi connectivity index (χ4v) is 2.66. The van der Waals surface area contributed by atoms with Gasteiger partial charge in [-0.05, 0) is 0 Å². The lowest BCUT2D eigenvalue weighted by Gasteiger charge is -2.18. The van der Waals surface area contributed by atoms with Crippen LogP contribution in [0, 0.1) is 10.1 Å². The second kappa shape index (κ2) is 4.12. The second-order valence-corrected chi connectivity index (χ2v) is 4.51. The minimum absolute atomic E-state index is 0.202. The fraction of sp³-hybridized carbons (Fsp3) is 0.200. The molecule has 0 aliphatic heterocycles. The van der Waals surface area contributed by atoms with E-state index in [0.29, 0.717) is 16.7 Å². The number of benzene rings is 1. The number of fused-ring (bicyclic) bond motifs is 1. The summed E-state index contributed by atoms with van der Waals surface area (Å²) in [4.78, 5) is 9.85. The summed E-state index contributed by atoms with van der Waals surface area (Å²) in [5, 5.41) is 10.8. The van der Waals surface area contributed by atoms with Gasteiger partial charge in [0.1, 0.15) is 4.70 Å². The Morgan fingerprint density at radius 1 is 1.16 bits per heavy atom. The van der Waals surface area contributed by atoms with Crippen LogP contribution in [0.3, 0.4) is 0 Å². The Kier molecular flexibility index (Phi) is 2.96. The molecule has 0 aliphatic carbocycles. The molecule has 19 heavy (non-hydrogen) atoms. The topological polar surface area (TPSA) is 43.1 Å². The summed E-state index contributed by atoms with van der Waals surface area (Å²) < 4.78 is 63.3. The van der Waals surface area contributed by atoms with E-state index in [0.717, 1.165) is 18.2 Å². The van der Waals surface area contributed by atoms with Gasteiger partial charge in [0.25, 0.3) is 5.69 Å². The molecule has 0 spiro atoms. The number of non-ortho nitro benzene ring substituents is 1. The van der Waals surface area contributed by atoms with Gasteiger partial charge in [0.05, 0.1) is 4.92 Å². The molecule has 0 amide bonds. The molecule has 1 aromatic heterocycles. The maximum Gasteiger partial charge on any atom is 0.458 e. The number of alkyl halides is 5. The molecule has 0 unspecified atom stereocenters. The van der Waals surface area contributed by atoms with Gasteiger partial charge in [0, 0.05) is 22.4 Å². The Labute approximate surface area is 106 Å². The van der Waals surface area contributed by atoms with Gasteiger partial charge in [-0.25, -0.2) is 0 Å². The van der Waals surface area contributed by atoms with Crippen LogP contribution in [0.15, 0.2) is 23.6 Å². The molecule has 0 aliphatic rings. The lowest BCUT2D eigenvalue weighted by molar-refractivity contribution is -0.382. The maximum atomic E-state index is 13.3. The van der Waals surface area contributed by atoms with E-state index in [1.165, 1.54) is 0 Å². The van der Waals surface area contributed by atoms with E-state index < -0.39 is 33.7 Å². The van der Waals surface area contributed by atoms with Gasteiger partial charge in [-0.2, -0.15) is 22.0 Å². The van der Waals surface area contributed by atoms with Crippen LogP contribution in [-0.4, -0.2) is 11.1 Å². The first-order valence-corrected chi connectivity index (χ1v) is 5.64. The molecular formula is C10H4F5NO2S. The van der Waals surface area contributed by atoms with Crippen molar-refractivity contribution in [1.29, 1.82) is 0 Å². The van der Waals surface area contributed by atoms with Crippen molar-refractivity contribution in [2.45, 2.75) is 12.1 Å². The first-order chi connectivity index (χ1) is 8.66. The van der Waals surface area contributed by atoms with E-state index in [-0.39, 0.29) is 4.70 Å². The van der Waals surface area contributed by atoms with Crippen LogP contribution in [0.4, 0.5) is 27.6 Å². The highest BCUT2D eigenvalue weighted by molar-refractivity contribution is 7.18. The third kappa shape index (κ3) is 2.03. The van der Waals surface area contributed by atoms with E-state index in [2.05, 4.69) is 0 Å². The summed E-state index contributed by atoms with van der Waals surface area (Å²) in [6, 6.07) is 3.13. The Hall–Kier alpha value is -1.77. The summed E-state index contributed by atoms with van der Waals surface area (Å²) in [6.07, 6.45) is -5.74. The SMILES string of the molecule is O=[N+]([O-])c1cccc2c(C(F)(F)C(F)(F)F)csc12. The summed E-state index contributed by atoms with van der Waals surface area (Å²) in [5.74, 6) is -5.04. The standard InChI is InChI=1S/C10H4F5NO2S/c11-9(12,10(13,14)15)6-4-19-8-5(6)2-1-3-7(8)16(17)18/h1-4H. The number of rotatable bonds is 2. The summed E-state index contributed by atoms with van der Waals surface area (Å²) >= 11 is 0.490. The molecule has 102 valence electrons. The molecule has 0 atom stereocenters. The second-order valence-electron chi connectivity index (χ2n) is 3.63. The predicted molar refractivity (Wildman–Crippen MR) is 58.4 cm³/mol. The molecule has 1 aromatic carbocycles. The lowest BCUT2D eigenvalue weighted by atomic mass is 10.1. The number of halogens is 5. The van der Waals surface area contributed by atoms with E-state index in [1.807, 2.05) is 0 Å². The van der Waals surface area contributed by atoms with Gasteiger partial charge in [-0.3, -0.25) is 10.1 Å². The van der Waals surface area contributed by atoms with Crippen molar-refractivity contribution in [1.82, 2.24) is 0 Å². The average molecular weight is 297 g/mol. The zero-order valence-corrected chi connectivity index (χ0v) is 9.69. The maximum absolute atomic E-state index is 13.3.